The maximum absolute atomic E-state index is 6.36. The van der Waals surface area contributed by atoms with Crippen molar-refractivity contribution in [1.29, 1.82) is 0 Å². The molecule has 3 heteroatoms. The summed E-state index contributed by atoms with van der Waals surface area (Å²) in [5.74, 6) is 0. The maximum Gasteiger partial charge on any atom is 0.135 e. The van der Waals surface area contributed by atoms with E-state index >= 15 is 0 Å². The third kappa shape index (κ3) is 5.71. The molecule has 11 rings (SSSR count). The van der Waals surface area contributed by atoms with E-state index in [0.29, 0.717) is 0 Å². The minimum Gasteiger partial charge on any atom is -0.456 e. The molecule has 0 aliphatic rings. The number of fused-ring (bicyclic) bond motifs is 6. The minimum absolute atomic E-state index is 0.873. The van der Waals surface area contributed by atoms with E-state index in [-0.39, 0.29) is 0 Å². The second kappa shape index (κ2) is 13.8. The molecule has 2 nitrogen and oxygen atoms in total. The molecule has 0 atom stereocenters. The number of rotatable bonds is 7. The van der Waals surface area contributed by atoms with Gasteiger partial charge in [0.1, 0.15) is 11.2 Å². The summed E-state index contributed by atoms with van der Waals surface area (Å²) in [5.41, 5.74) is 14.4. The Morgan fingerprint density at radius 2 is 0.930 bits per heavy atom. The van der Waals surface area contributed by atoms with Crippen LogP contribution < -0.4 is 4.90 Å². The van der Waals surface area contributed by atoms with Crippen LogP contribution in [0.25, 0.3) is 86.6 Å². The van der Waals surface area contributed by atoms with Crippen LogP contribution in [0.5, 0.6) is 0 Å². The van der Waals surface area contributed by atoms with Crippen LogP contribution in [0, 0.1) is 0 Å². The molecular formula is C54H35NOS. The van der Waals surface area contributed by atoms with Gasteiger partial charge < -0.3 is 9.32 Å². The Labute approximate surface area is 335 Å². The lowest BCUT2D eigenvalue weighted by Crippen LogP contribution is -2.12. The van der Waals surface area contributed by atoms with E-state index in [0.717, 1.165) is 44.6 Å². The number of thiophene rings is 1. The number of nitrogens with zero attached hydrogens (tertiary/aromatic N) is 1. The van der Waals surface area contributed by atoms with Gasteiger partial charge in [0.2, 0.25) is 0 Å². The summed E-state index contributed by atoms with van der Waals surface area (Å²) < 4.78 is 8.97. The number of hydrogen-bond acceptors (Lipinski definition) is 3. The van der Waals surface area contributed by atoms with Gasteiger partial charge in [0.25, 0.3) is 0 Å². The second-order valence-corrected chi connectivity index (χ2v) is 15.5. The molecule has 0 aliphatic carbocycles. The van der Waals surface area contributed by atoms with Gasteiger partial charge in [0, 0.05) is 47.9 Å². The molecule has 0 amide bonds. The first-order valence-electron chi connectivity index (χ1n) is 19.3. The first kappa shape index (κ1) is 33.2. The number of hydrogen-bond donors (Lipinski definition) is 0. The van der Waals surface area contributed by atoms with Crippen LogP contribution in [-0.4, -0.2) is 0 Å². The predicted molar refractivity (Wildman–Crippen MR) is 243 cm³/mol. The van der Waals surface area contributed by atoms with Gasteiger partial charge in [-0.05, 0) is 87.5 Å². The minimum atomic E-state index is 0.873. The van der Waals surface area contributed by atoms with Crippen LogP contribution in [0.3, 0.4) is 0 Å². The van der Waals surface area contributed by atoms with Gasteiger partial charge in [0.15, 0.2) is 0 Å². The number of para-hydroxylation sites is 1. The normalized spacial score (nSPS) is 11.5. The fourth-order valence-electron chi connectivity index (χ4n) is 8.51. The summed E-state index contributed by atoms with van der Waals surface area (Å²) in [6.07, 6.45) is 0. The van der Waals surface area contributed by atoms with Crippen LogP contribution in [0.4, 0.5) is 17.1 Å². The second-order valence-electron chi connectivity index (χ2n) is 14.4. The summed E-state index contributed by atoms with van der Waals surface area (Å²) in [6, 6.07) is 76.5. The number of benzene rings is 9. The van der Waals surface area contributed by atoms with Gasteiger partial charge in [-0.1, -0.05) is 164 Å². The van der Waals surface area contributed by atoms with Crippen molar-refractivity contribution in [1.82, 2.24) is 0 Å². The molecular weight excluding hydrogens is 711 g/mol. The van der Waals surface area contributed by atoms with Gasteiger partial charge in [-0.3, -0.25) is 0 Å². The van der Waals surface area contributed by atoms with Crippen LogP contribution in [0.2, 0.25) is 0 Å². The van der Waals surface area contributed by atoms with E-state index in [4.69, 9.17) is 4.42 Å². The van der Waals surface area contributed by atoms with Crippen molar-refractivity contribution in [3.05, 3.63) is 212 Å². The van der Waals surface area contributed by atoms with Crippen LogP contribution in [-0.2, 0) is 0 Å². The summed E-state index contributed by atoms with van der Waals surface area (Å²) >= 11 is 1.87. The first-order chi connectivity index (χ1) is 28.3. The molecule has 0 unspecified atom stereocenters. The van der Waals surface area contributed by atoms with Gasteiger partial charge in [-0.2, -0.15) is 0 Å². The highest BCUT2D eigenvalue weighted by atomic mass is 32.1. The Hall–Kier alpha value is -7.20. The average molecular weight is 746 g/mol. The third-order valence-electron chi connectivity index (χ3n) is 11.1. The van der Waals surface area contributed by atoms with Crippen LogP contribution in [0.15, 0.2) is 217 Å². The Morgan fingerprint density at radius 1 is 0.351 bits per heavy atom. The maximum atomic E-state index is 6.36. The zero-order valence-electron chi connectivity index (χ0n) is 31.0. The lowest BCUT2D eigenvalue weighted by Gasteiger charge is -2.30. The molecule has 0 aliphatic heterocycles. The van der Waals surface area contributed by atoms with Crippen molar-refractivity contribution >= 4 is 70.5 Å². The van der Waals surface area contributed by atoms with Gasteiger partial charge >= 0.3 is 0 Å². The van der Waals surface area contributed by atoms with Crippen molar-refractivity contribution in [3.8, 4) is 44.5 Å². The molecule has 0 spiro atoms. The molecule has 2 aromatic heterocycles. The topological polar surface area (TPSA) is 16.4 Å². The van der Waals surface area contributed by atoms with Gasteiger partial charge in [0.05, 0.1) is 5.69 Å². The summed E-state index contributed by atoms with van der Waals surface area (Å²) in [6.45, 7) is 0. The Morgan fingerprint density at radius 3 is 1.77 bits per heavy atom. The van der Waals surface area contributed by atoms with Gasteiger partial charge in [-0.15, -0.1) is 11.3 Å². The van der Waals surface area contributed by atoms with Crippen LogP contribution in [0.1, 0.15) is 0 Å². The number of anilines is 3. The highest BCUT2D eigenvalue weighted by molar-refractivity contribution is 7.26. The Balaban J connectivity index is 1.20. The summed E-state index contributed by atoms with van der Waals surface area (Å²) in [4.78, 5) is 2.44. The predicted octanol–water partition coefficient (Wildman–Crippen LogP) is 16.1. The lowest BCUT2D eigenvalue weighted by molar-refractivity contribution is 0.669. The van der Waals surface area contributed by atoms with E-state index in [9.17, 15) is 0 Å². The van der Waals surface area contributed by atoms with Crippen molar-refractivity contribution in [3.63, 3.8) is 0 Å². The van der Waals surface area contributed by atoms with E-state index in [1.54, 1.807) is 0 Å². The fourth-order valence-corrected chi connectivity index (χ4v) is 9.74. The summed E-state index contributed by atoms with van der Waals surface area (Å²) in [5, 5.41) is 4.79. The smallest absolute Gasteiger partial charge is 0.135 e. The molecule has 2 heterocycles. The molecule has 9 aromatic carbocycles. The van der Waals surface area contributed by atoms with E-state index in [2.05, 4.69) is 205 Å². The Kier molecular flexibility index (Phi) is 8.04. The molecule has 0 radical (unpaired) electrons. The molecule has 0 N–H and O–H groups in total. The van der Waals surface area contributed by atoms with E-state index < -0.39 is 0 Å². The first-order valence-corrected chi connectivity index (χ1v) is 20.2. The lowest BCUT2D eigenvalue weighted by atomic mass is 9.87. The highest BCUT2D eigenvalue weighted by Crippen LogP contribution is 2.49. The zero-order valence-corrected chi connectivity index (χ0v) is 31.8. The van der Waals surface area contributed by atoms with E-state index in [1.165, 1.54) is 59.1 Å². The molecule has 0 fully saturated rings. The molecule has 11 aromatic rings. The number of furan rings is 1. The largest absolute Gasteiger partial charge is 0.456 e. The molecule has 0 saturated carbocycles. The van der Waals surface area contributed by atoms with Gasteiger partial charge in [-0.25, -0.2) is 0 Å². The average Bonchev–Trinajstić information content (AvgIpc) is 3.86. The fraction of sp³-hybridized carbons (Fsp3) is 0. The van der Waals surface area contributed by atoms with Crippen LogP contribution >= 0.6 is 11.3 Å². The SMILES string of the molecule is c1ccc(-c2ccccc2-c2c(-c3ccccc3)cccc2N(c2cccc(-c3cccc4c3sc3ccccc34)c2)c2ccc3oc4ccccc4c3c2)cc1. The highest BCUT2D eigenvalue weighted by Gasteiger charge is 2.24. The molecule has 0 saturated heterocycles. The molecule has 0 bridgehead atoms. The molecule has 57 heavy (non-hydrogen) atoms. The quantitative estimate of drug-likeness (QED) is 0.162. The summed E-state index contributed by atoms with van der Waals surface area (Å²) in [7, 11) is 0. The zero-order chi connectivity index (χ0) is 37.7. The van der Waals surface area contributed by atoms with Crippen molar-refractivity contribution in [2.24, 2.45) is 0 Å². The Bertz CT molecular complexity index is 3250. The van der Waals surface area contributed by atoms with Crippen molar-refractivity contribution in [2.45, 2.75) is 0 Å². The standard InChI is InChI=1S/C54H35NOS/c1-3-16-36(17-4-1)41-22-7-8-25-46(41)53-42(37-18-5-2-6-19-37)26-15-29-49(53)55(40-32-33-51-48(35-40)44-23-9-11-30-50(44)56-51)39-21-13-20-38(34-39)43-27-14-28-47-45-24-10-12-31-52(45)57-54(43)47/h1-35H. The van der Waals surface area contributed by atoms with E-state index in [1.807, 2.05) is 23.5 Å². The van der Waals surface area contributed by atoms with Crippen molar-refractivity contribution in [2.75, 3.05) is 4.90 Å². The molecule has 268 valence electrons. The van der Waals surface area contributed by atoms with Crippen molar-refractivity contribution < 1.29 is 4.42 Å². The monoisotopic (exact) mass is 745 g/mol. The third-order valence-corrected chi connectivity index (χ3v) is 12.3.